The Morgan fingerprint density at radius 3 is 2.42 bits per heavy atom. The Morgan fingerprint density at radius 2 is 1.73 bits per heavy atom. The second-order valence-electron chi connectivity index (χ2n) is 6.17. The number of carbonyl (C=O) groups excluding carboxylic acids is 1. The first-order valence-corrected chi connectivity index (χ1v) is 8.51. The number of piperazine rings is 1. The number of para-hydroxylation sites is 3. The van der Waals surface area contributed by atoms with E-state index >= 15 is 0 Å². The van der Waals surface area contributed by atoms with Crippen molar-refractivity contribution in [1.29, 1.82) is 0 Å². The van der Waals surface area contributed by atoms with Crippen LogP contribution in [-0.2, 0) is 4.79 Å². The molecule has 0 radical (unpaired) electrons. The minimum atomic E-state index is -0.372. The molecule has 2 aromatic carbocycles. The van der Waals surface area contributed by atoms with Crippen molar-refractivity contribution >= 4 is 17.3 Å². The van der Waals surface area contributed by atoms with Gasteiger partial charge in [-0.25, -0.2) is 0 Å². The molecular formula is C19H21N3O4. The number of hydrogen-bond acceptors (Lipinski definition) is 5. The molecule has 26 heavy (non-hydrogen) atoms. The third-order valence-corrected chi connectivity index (χ3v) is 4.50. The van der Waals surface area contributed by atoms with Gasteiger partial charge in [0, 0.05) is 32.2 Å². The quantitative estimate of drug-likeness (QED) is 0.609. The van der Waals surface area contributed by atoms with Crippen LogP contribution in [0.15, 0.2) is 48.5 Å². The van der Waals surface area contributed by atoms with Gasteiger partial charge in [-0.2, -0.15) is 0 Å². The van der Waals surface area contributed by atoms with Crippen LogP contribution in [0, 0.1) is 17.0 Å². The summed E-state index contributed by atoms with van der Waals surface area (Å²) >= 11 is 0. The number of anilines is 1. The third-order valence-electron chi connectivity index (χ3n) is 4.50. The minimum Gasteiger partial charge on any atom is -0.484 e. The molecule has 2 aromatic rings. The Labute approximate surface area is 151 Å². The van der Waals surface area contributed by atoms with Crippen molar-refractivity contribution in [3.63, 3.8) is 0 Å². The summed E-state index contributed by atoms with van der Waals surface area (Å²) in [5.74, 6) is 0.634. The predicted octanol–water partition coefficient (Wildman–Crippen LogP) is 2.63. The molecule has 1 aliphatic rings. The van der Waals surface area contributed by atoms with Crippen molar-refractivity contribution in [3.8, 4) is 5.75 Å². The van der Waals surface area contributed by atoms with Gasteiger partial charge < -0.3 is 14.5 Å². The van der Waals surface area contributed by atoms with Gasteiger partial charge in [0.1, 0.15) is 11.4 Å². The molecular weight excluding hydrogens is 334 g/mol. The first-order valence-electron chi connectivity index (χ1n) is 8.51. The van der Waals surface area contributed by atoms with Crippen molar-refractivity contribution in [1.82, 2.24) is 4.90 Å². The lowest BCUT2D eigenvalue weighted by Crippen LogP contribution is -2.50. The van der Waals surface area contributed by atoms with Crippen LogP contribution in [0.4, 0.5) is 11.4 Å². The first-order chi connectivity index (χ1) is 12.6. The fourth-order valence-electron chi connectivity index (χ4n) is 3.03. The topological polar surface area (TPSA) is 75.9 Å². The Balaban J connectivity index is 1.56. The lowest BCUT2D eigenvalue weighted by atomic mass is 10.2. The summed E-state index contributed by atoms with van der Waals surface area (Å²) < 4.78 is 5.62. The summed E-state index contributed by atoms with van der Waals surface area (Å²) in [6, 6.07) is 14.3. The lowest BCUT2D eigenvalue weighted by Gasteiger charge is -2.35. The highest BCUT2D eigenvalue weighted by molar-refractivity contribution is 5.78. The SMILES string of the molecule is Cc1ccccc1OCC(=O)N1CCN(c2ccccc2[N+](=O)[O-])CC1. The molecule has 136 valence electrons. The molecule has 0 saturated carbocycles. The molecule has 1 saturated heterocycles. The van der Waals surface area contributed by atoms with E-state index in [4.69, 9.17) is 4.74 Å². The van der Waals surface area contributed by atoms with E-state index in [0.717, 1.165) is 5.56 Å². The van der Waals surface area contributed by atoms with Crippen molar-refractivity contribution in [2.45, 2.75) is 6.92 Å². The molecule has 0 unspecified atom stereocenters. The minimum absolute atomic E-state index is 0.00363. The highest BCUT2D eigenvalue weighted by Gasteiger charge is 2.25. The van der Waals surface area contributed by atoms with Gasteiger partial charge in [0.15, 0.2) is 6.61 Å². The van der Waals surface area contributed by atoms with Gasteiger partial charge in [0.05, 0.1) is 4.92 Å². The smallest absolute Gasteiger partial charge is 0.292 e. The molecule has 1 fully saturated rings. The second kappa shape index (κ2) is 7.86. The zero-order valence-electron chi connectivity index (χ0n) is 14.6. The number of ether oxygens (including phenoxy) is 1. The summed E-state index contributed by atoms with van der Waals surface area (Å²) in [6.45, 7) is 4.08. The second-order valence-corrected chi connectivity index (χ2v) is 6.17. The van der Waals surface area contributed by atoms with Crippen LogP contribution in [0.1, 0.15) is 5.56 Å². The highest BCUT2D eigenvalue weighted by atomic mass is 16.6. The zero-order chi connectivity index (χ0) is 18.5. The van der Waals surface area contributed by atoms with Crippen LogP contribution in [0.2, 0.25) is 0 Å². The summed E-state index contributed by atoms with van der Waals surface area (Å²) in [5, 5.41) is 11.2. The van der Waals surface area contributed by atoms with Crippen LogP contribution >= 0.6 is 0 Å². The van der Waals surface area contributed by atoms with Gasteiger partial charge in [-0.15, -0.1) is 0 Å². The molecule has 0 N–H and O–H groups in total. The Kier molecular flexibility index (Phi) is 5.36. The number of nitro groups is 1. The van der Waals surface area contributed by atoms with Gasteiger partial charge in [0.2, 0.25) is 0 Å². The van der Waals surface area contributed by atoms with Crippen molar-refractivity contribution in [3.05, 3.63) is 64.2 Å². The fraction of sp³-hybridized carbons (Fsp3) is 0.316. The maximum Gasteiger partial charge on any atom is 0.292 e. The van der Waals surface area contributed by atoms with Crippen LogP contribution in [0.3, 0.4) is 0 Å². The number of hydrogen-bond donors (Lipinski definition) is 0. The molecule has 1 amide bonds. The molecule has 0 spiro atoms. The Morgan fingerprint density at radius 1 is 1.08 bits per heavy atom. The maximum atomic E-state index is 12.4. The molecule has 1 heterocycles. The van der Waals surface area contributed by atoms with E-state index in [1.165, 1.54) is 6.07 Å². The number of carbonyl (C=O) groups is 1. The molecule has 0 aromatic heterocycles. The summed E-state index contributed by atoms with van der Waals surface area (Å²) in [7, 11) is 0. The van der Waals surface area contributed by atoms with Gasteiger partial charge >= 0.3 is 0 Å². The van der Waals surface area contributed by atoms with Crippen LogP contribution in [0.5, 0.6) is 5.75 Å². The van der Waals surface area contributed by atoms with Crippen molar-refractivity contribution in [2.75, 3.05) is 37.7 Å². The van der Waals surface area contributed by atoms with Crippen molar-refractivity contribution < 1.29 is 14.5 Å². The monoisotopic (exact) mass is 355 g/mol. The molecule has 0 bridgehead atoms. The highest BCUT2D eigenvalue weighted by Crippen LogP contribution is 2.28. The van der Waals surface area contributed by atoms with E-state index < -0.39 is 0 Å². The Bertz CT molecular complexity index is 801. The normalized spacial score (nSPS) is 14.2. The van der Waals surface area contributed by atoms with Gasteiger partial charge in [-0.05, 0) is 24.6 Å². The summed E-state index contributed by atoms with van der Waals surface area (Å²) in [5.41, 5.74) is 1.68. The number of amides is 1. The van der Waals surface area contributed by atoms with E-state index in [0.29, 0.717) is 37.6 Å². The van der Waals surface area contributed by atoms with E-state index in [1.807, 2.05) is 36.1 Å². The fourth-order valence-corrected chi connectivity index (χ4v) is 3.03. The van der Waals surface area contributed by atoms with E-state index in [-0.39, 0.29) is 23.1 Å². The van der Waals surface area contributed by atoms with Crippen LogP contribution in [0.25, 0.3) is 0 Å². The van der Waals surface area contributed by atoms with E-state index in [2.05, 4.69) is 0 Å². The average Bonchev–Trinajstić information content (AvgIpc) is 2.67. The van der Waals surface area contributed by atoms with Crippen molar-refractivity contribution in [2.24, 2.45) is 0 Å². The molecule has 7 nitrogen and oxygen atoms in total. The van der Waals surface area contributed by atoms with E-state index in [1.54, 1.807) is 23.1 Å². The van der Waals surface area contributed by atoms with Gasteiger partial charge in [0.25, 0.3) is 11.6 Å². The van der Waals surface area contributed by atoms with Gasteiger partial charge in [-0.3, -0.25) is 14.9 Å². The zero-order valence-corrected chi connectivity index (χ0v) is 14.6. The summed E-state index contributed by atoms with van der Waals surface area (Å²) in [4.78, 5) is 26.9. The van der Waals surface area contributed by atoms with Crippen LogP contribution in [-0.4, -0.2) is 48.5 Å². The largest absolute Gasteiger partial charge is 0.484 e. The lowest BCUT2D eigenvalue weighted by molar-refractivity contribution is -0.384. The number of aryl methyl sites for hydroxylation is 1. The summed E-state index contributed by atoms with van der Waals surface area (Å²) in [6.07, 6.45) is 0. The third kappa shape index (κ3) is 3.93. The molecule has 0 aliphatic carbocycles. The molecule has 7 heteroatoms. The maximum absolute atomic E-state index is 12.4. The number of benzene rings is 2. The average molecular weight is 355 g/mol. The standard InChI is InChI=1S/C19H21N3O4/c1-15-6-2-5-9-18(15)26-14-19(23)21-12-10-20(11-13-21)16-7-3-4-8-17(16)22(24)25/h2-9H,10-14H2,1H3. The first kappa shape index (κ1) is 17.7. The van der Waals surface area contributed by atoms with E-state index in [9.17, 15) is 14.9 Å². The number of nitrogens with zero attached hydrogens (tertiary/aromatic N) is 3. The number of nitro benzene ring substituents is 1. The molecule has 1 aliphatic heterocycles. The Hall–Kier alpha value is -3.09. The van der Waals surface area contributed by atoms with Crippen LogP contribution < -0.4 is 9.64 Å². The molecule has 0 atom stereocenters. The van der Waals surface area contributed by atoms with Gasteiger partial charge in [-0.1, -0.05) is 30.3 Å². The predicted molar refractivity (Wildman–Crippen MR) is 98.6 cm³/mol. The molecule has 3 rings (SSSR count). The number of rotatable bonds is 5.